The van der Waals surface area contributed by atoms with Crippen LogP contribution in [-0.2, 0) is 25.5 Å². The number of unbranched alkanes of at least 4 members (excludes halogenated alkanes) is 1. The Bertz CT molecular complexity index is 2020. The van der Waals surface area contributed by atoms with Gasteiger partial charge >= 0.3 is 0 Å². The van der Waals surface area contributed by atoms with Gasteiger partial charge in [0, 0.05) is 19.2 Å². The van der Waals surface area contributed by atoms with Gasteiger partial charge in [0.05, 0.1) is 18.1 Å². The summed E-state index contributed by atoms with van der Waals surface area (Å²) in [7, 11) is -9.72. The summed E-state index contributed by atoms with van der Waals surface area (Å²) >= 11 is 0. The second kappa shape index (κ2) is 20.3. The summed E-state index contributed by atoms with van der Waals surface area (Å²) < 4.78 is 46.4. The number of aliphatic hydroxyl groups is 1. The second-order valence-electron chi connectivity index (χ2n) is 18.2. The number of benzene rings is 5. The smallest absolute Gasteiger partial charge is 0.261 e. The molecule has 5 aromatic rings. The maximum Gasteiger partial charge on any atom is 0.261 e. The van der Waals surface area contributed by atoms with Crippen LogP contribution in [0.4, 0.5) is 0 Å². The fraction of sp³-hybridized carbons (Fsp3) is 0.400. The van der Waals surface area contributed by atoms with Crippen LogP contribution in [0.5, 0.6) is 0 Å². The van der Waals surface area contributed by atoms with E-state index in [2.05, 4.69) is 152 Å². The highest BCUT2D eigenvalue weighted by molar-refractivity contribution is 7.89. The fourth-order valence-electron chi connectivity index (χ4n) is 8.52. The molecule has 0 bridgehead atoms. The SMILES string of the molecule is CC(C)CCN([C@@H](CCCCO)CO[Si](c1ccccc1)(c1ccccc1)C(C)(C)C)S(=O)(=O)c1ccc(CO[Si](c2ccccc2)(c2ccccc2)C(C)(C)C)cc1. The Morgan fingerprint density at radius 1 is 0.576 bits per heavy atom. The quantitative estimate of drug-likeness (QED) is 0.0626. The van der Waals surface area contributed by atoms with E-state index < -0.39 is 32.7 Å². The van der Waals surface area contributed by atoms with E-state index in [1.54, 1.807) is 16.4 Å². The van der Waals surface area contributed by atoms with Gasteiger partial charge in [0.15, 0.2) is 0 Å². The summed E-state index contributed by atoms with van der Waals surface area (Å²) in [5, 5.41) is 14.1. The summed E-state index contributed by atoms with van der Waals surface area (Å²) in [6.45, 7) is 18.8. The van der Waals surface area contributed by atoms with Crippen LogP contribution in [0.25, 0.3) is 0 Å². The minimum absolute atomic E-state index is 0.0540. The van der Waals surface area contributed by atoms with Crippen LogP contribution < -0.4 is 20.7 Å². The van der Waals surface area contributed by atoms with E-state index in [9.17, 15) is 5.11 Å². The molecule has 0 fully saturated rings. The van der Waals surface area contributed by atoms with Gasteiger partial charge in [-0.25, -0.2) is 8.42 Å². The molecule has 1 N–H and O–H groups in total. The lowest BCUT2D eigenvalue weighted by Crippen LogP contribution is -2.67. The Balaban J connectivity index is 1.51. The molecule has 1 atom stereocenters. The topological polar surface area (TPSA) is 76.1 Å². The highest BCUT2D eigenvalue weighted by Crippen LogP contribution is 2.39. The molecule has 0 aliphatic carbocycles. The van der Waals surface area contributed by atoms with Crippen molar-refractivity contribution in [3.8, 4) is 0 Å². The first-order valence-corrected chi connectivity index (χ1v) is 26.5. The van der Waals surface area contributed by atoms with Crippen LogP contribution in [0, 0.1) is 5.92 Å². The number of aliphatic hydroxyl groups excluding tert-OH is 1. The number of hydrogen-bond donors (Lipinski definition) is 1. The van der Waals surface area contributed by atoms with E-state index in [4.69, 9.17) is 8.85 Å². The van der Waals surface area contributed by atoms with Crippen LogP contribution in [-0.4, -0.2) is 60.3 Å². The molecule has 0 amide bonds. The van der Waals surface area contributed by atoms with E-state index in [1.807, 2.05) is 36.4 Å². The van der Waals surface area contributed by atoms with Crippen LogP contribution in [0.1, 0.15) is 86.6 Å². The molecular weight excluding hydrogens is 783 g/mol. The van der Waals surface area contributed by atoms with Crippen molar-refractivity contribution in [2.45, 2.75) is 109 Å². The minimum atomic E-state index is -3.96. The molecule has 0 heterocycles. The molecule has 0 saturated carbocycles. The Morgan fingerprint density at radius 3 is 1.36 bits per heavy atom. The second-order valence-corrected chi connectivity index (χ2v) is 28.7. The summed E-state index contributed by atoms with van der Waals surface area (Å²) in [5.74, 6) is 0.296. The van der Waals surface area contributed by atoms with E-state index >= 15 is 8.42 Å². The van der Waals surface area contributed by atoms with Crippen molar-refractivity contribution >= 4 is 47.4 Å². The summed E-state index contributed by atoms with van der Waals surface area (Å²) in [4.78, 5) is 0.257. The highest BCUT2D eigenvalue weighted by Gasteiger charge is 2.52. The van der Waals surface area contributed by atoms with Crippen LogP contribution in [0.3, 0.4) is 0 Å². The largest absolute Gasteiger partial charge is 0.406 e. The Labute approximate surface area is 358 Å². The molecule has 0 saturated heterocycles. The average molecular weight is 850 g/mol. The van der Waals surface area contributed by atoms with Gasteiger partial charge in [0.1, 0.15) is 0 Å². The van der Waals surface area contributed by atoms with Crippen molar-refractivity contribution in [1.29, 1.82) is 0 Å². The third-order valence-electron chi connectivity index (χ3n) is 11.6. The molecule has 0 radical (unpaired) electrons. The molecule has 0 unspecified atom stereocenters. The van der Waals surface area contributed by atoms with Crippen LogP contribution in [0.15, 0.2) is 150 Å². The first kappa shape index (κ1) is 46.4. The van der Waals surface area contributed by atoms with Crippen LogP contribution >= 0.6 is 0 Å². The Kier molecular flexibility index (Phi) is 15.9. The maximum absolute atomic E-state index is 15.0. The molecule has 9 heteroatoms. The third kappa shape index (κ3) is 10.6. The minimum Gasteiger partial charge on any atom is -0.406 e. The zero-order valence-corrected chi connectivity index (χ0v) is 39.4. The fourth-order valence-corrected chi connectivity index (χ4v) is 19.3. The van der Waals surface area contributed by atoms with Crippen LogP contribution in [0.2, 0.25) is 10.1 Å². The molecule has 5 aromatic carbocycles. The molecule has 316 valence electrons. The van der Waals surface area contributed by atoms with E-state index in [1.165, 1.54) is 10.4 Å². The Hall–Kier alpha value is -3.68. The summed E-state index contributed by atoms with van der Waals surface area (Å²) in [6, 6.07) is 49.0. The van der Waals surface area contributed by atoms with Gasteiger partial charge in [0.2, 0.25) is 10.0 Å². The van der Waals surface area contributed by atoms with Crippen molar-refractivity contribution in [2.75, 3.05) is 19.8 Å². The summed E-state index contributed by atoms with van der Waals surface area (Å²) in [5.41, 5.74) is 0.917. The van der Waals surface area contributed by atoms with Crippen molar-refractivity contribution < 1.29 is 22.4 Å². The van der Waals surface area contributed by atoms with Gasteiger partial charge in [-0.1, -0.05) is 189 Å². The predicted octanol–water partition coefficient (Wildman–Crippen LogP) is 8.91. The molecule has 0 aliphatic heterocycles. The molecule has 6 nitrogen and oxygen atoms in total. The lowest BCUT2D eigenvalue weighted by molar-refractivity contribution is 0.176. The maximum atomic E-state index is 15.0. The third-order valence-corrected chi connectivity index (χ3v) is 23.5. The molecule has 0 aromatic heterocycles. The highest BCUT2D eigenvalue weighted by atomic mass is 32.2. The van der Waals surface area contributed by atoms with Crippen molar-refractivity contribution in [1.82, 2.24) is 4.31 Å². The van der Waals surface area contributed by atoms with Gasteiger partial charge in [-0.3, -0.25) is 0 Å². The number of nitrogens with zero attached hydrogens (tertiary/aromatic N) is 1. The van der Waals surface area contributed by atoms with Gasteiger partial charge < -0.3 is 14.0 Å². The lowest BCUT2D eigenvalue weighted by Gasteiger charge is -2.44. The normalized spacial score (nSPS) is 13.5. The van der Waals surface area contributed by atoms with E-state index in [0.717, 1.165) is 15.9 Å². The average Bonchev–Trinajstić information content (AvgIpc) is 3.22. The van der Waals surface area contributed by atoms with Gasteiger partial charge in [0.25, 0.3) is 16.6 Å². The number of sulfonamides is 1. The molecule has 5 rings (SSSR count). The molecule has 0 aliphatic rings. The molecule has 0 spiro atoms. The van der Waals surface area contributed by atoms with E-state index in [-0.39, 0.29) is 28.2 Å². The first-order valence-electron chi connectivity index (χ1n) is 21.3. The first-order chi connectivity index (χ1) is 28.1. The predicted molar refractivity (Wildman–Crippen MR) is 250 cm³/mol. The number of rotatable bonds is 20. The van der Waals surface area contributed by atoms with Crippen molar-refractivity contribution in [2.24, 2.45) is 5.92 Å². The van der Waals surface area contributed by atoms with Gasteiger partial charge in [-0.15, -0.1) is 0 Å². The van der Waals surface area contributed by atoms with Gasteiger partial charge in [-0.05, 0) is 80.1 Å². The zero-order valence-electron chi connectivity index (χ0n) is 36.6. The summed E-state index contributed by atoms with van der Waals surface area (Å²) in [6.07, 6.45) is 2.55. The monoisotopic (exact) mass is 849 g/mol. The Morgan fingerprint density at radius 2 is 0.983 bits per heavy atom. The van der Waals surface area contributed by atoms with Gasteiger partial charge in [-0.2, -0.15) is 4.31 Å². The zero-order chi connectivity index (χ0) is 42.7. The van der Waals surface area contributed by atoms with Crippen molar-refractivity contribution in [3.05, 3.63) is 151 Å². The molecule has 59 heavy (non-hydrogen) atoms. The number of hydrogen-bond acceptors (Lipinski definition) is 5. The molecular formula is C50H67NO5SSi2. The lowest BCUT2D eigenvalue weighted by atomic mass is 10.1. The van der Waals surface area contributed by atoms with E-state index in [0.29, 0.717) is 44.8 Å². The standard InChI is InChI=1S/C50H67NO5SSi2/c1-41(2)36-37-51(43(23-21-22-38-52)40-56-59(50(6,7)8,47-28-17-11-18-29-47)48-30-19-12-20-31-48)57(53,54)44-34-32-42(33-35-44)39-55-58(49(3,4)5,45-24-13-9-14-25-45)46-26-15-10-16-27-46/h9-20,24-35,41,43,52H,21-23,36-40H2,1-8H3/t43-/m0/s1. The van der Waals surface area contributed by atoms with Crippen molar-refractivity contribution in [3.63, 3.8) is 0 Å².